The molecule has 0 aliphatic heterocycles. The summed E-state index contributed by atoms with van der Waals surface area (Å²) in [7, 11) is 0. The van der Waals surface area contributed by atoms with Gasteiger partial charge in [-0.25, -0.2) is 0 Å². The topological polar surface area (TPSA) is 17.1 Å². The van der Waals surface area contributed by atoms with E-state index in [0.717, 1.165) is 14.9 Å². The molecule has 0 aliphatic carbocycles. The number of hydrogen-bond donors (Lipinski definition) is 0. The Bertz CT molecular complexity index is 286. The Hall–Kier alpha value is -0.0300. The molecule has 1 aromatic carbocycles. The summed E-state index contributed by atoms with van der Waals surface area (Å²) in [4.78, 5) is 11.4. The Morgan fingerprint density at radius 3 is 2.75 bits per heavy atom. The molecule has 0 atom stereocenters. The van der Waals surface area contributed by atoms with Crippen molar-refractivity contribution in [1.29, 1.82) is 0 Å². The van der Waals surface area contributed by atoms with Crippen LogP contribution < -0.4 is 0 Å². The standard InChI is InChI=1S/C9H9IOS/c1-2-12-9(11)7-5-3-4-6-8(7)10/h3-6H,2H2,1H3. The van der Waals surface area contributed by atoms with Gasteiger partial charge in [0.1, 0.15) is 0 Å². The fourth-order valence-electron chi connectivity index (χ4n) is 0.836. The third-order valence-corrected chi connectivity index (χ3v) is 3.08. The van der Waals surface area contributed by atoms with E-state index >= 15 is 0 Å². The maximum Gasteiger partial charge on any atom is 0.220 e. The first-order chi connectivity index (χ1) is 5.75. The van der Waals surface area contributed by atoms with Crippen molar-refractivity contribution in [2.24, 2.45) is 0 Å². The summed E-state index contributed by atoms with van der Waals surface area (Å²) in [6, 6.07) is 7.65. The Balaban J connectivity index is 2.87. The van der Waals surface area contributed by atoms with Crippen molar-refractivity contribution in [2.75, 3.05) is 5.75 Å². The molecule has 0 bridgehead atoms. The van der Waals surface area contributed by atoms with Gasteiger partial charge in [-0.2, -0.15) is 0 Å². The second-order valence-electron chi connectivity index (χ2n) is 2.20. The second-order valence-corrected chi connectivity index (χ2v) is 4.60. The zero-order chi connectivity index (χ0) is 8.97. The highest BCUT2D eigenvalue weighted by Crippen LogP contribution is 2.17. The van der Waals surface area contributed by atoms with Crippen LogP contribution in [0, 0.1) is 3.57 Å². The zero-order valence-corrected chi connectivity index (χ0v) is 9.68. The van der Waals surface area contributed by atoms with Crippen molar-refractivity contribution < 1.29 is 4.79 Å². The molecule has 0 aliphatic rings. The molecular weight excluding hydrogens is 283 g/mol. The predicted octanol–water partition coefficient (Wildman–Crippen LogP) is 3.18. The van der Waals surface area contributed by atoms with E-state index in [2.05, 4.69) is 22.6 Å². The molecule has 0 saturated heterocycles. The first-order valence-electron chi connectivity index (χ1n) is 3.67. The van der Waals surface area contributed by atoms with Crippen LogP contribution in [0.25, 0.3) is 0 Å². The van der Waals surface area contributed by atoms with E-state index in [1.54, 1.807) is 0 Å². The molecule has 0 saturated carbocycles. The van der Waals surface area contributed by atoms with Gasteiger partial charge < -0.3 is 0 Å². The van der Waals surface area contributed by atoms with Crippen LogP contribution in [0.4, 0.5) is 0 Å². The quantitative estimate of drug-likeness (QED) is 0.779. The van der Waals surface area contributed by atoms with E-state index < -0.39 is 0 Å². The number of halogens is 1. The van der Waals surface area contributed by atoms with Crippen LogP contribution >= 0.6 is 34.4 Å². The minimum Gasteiger partial charge on any atom is -0.282 e. The van der Waals surface area contributed by atoms with Gasteiger partial charge >= 0.3 is 0 Å². The van der Waals surface area contributed by atoms with E-state index in [0.29, 0.717) is 0 Å². The van der Waals surface area contributed by atoms with Crippen molar-refractivity contribution in [2.45, 2.75) is 6.92 Å². The summed E-state index contributed by atoms with van der Waals surface area (Å²) in [6.45, 7) is 1.98. The minimum atomic E-state index is 0.169. The highest BCUT2D eigenvalue weighted by molar-refractivity contribution is 14.1. The molecule has 12 heavy (non-hydrogen) atoms. The van der Waals surface area contributed by atoms with Gasteiger partial charge in [0.25, 0.3) is 0 Å². The van der Waals surface area contributed by atoms with Gasteiger partial charge in [0.05, 0.1) is 0 Å². The van der Waals surface area contributed by atoms with Gasteiger partial charge in [0.15, 0.2) is 0 Å². The molecule has 0 radical (unpaired) electrons. The van der Waals surface area contributed by atoms with E-state index in [9.17, 15) is 4.79 Å². The van der Waals surface area contributed by atoms with Crippen LogP contribution in [0.15, 0.2) is 24.3 Å². The smallest absolute Gasteiger partial charge is 0.220 e. The molecule has 1 rings (SSSR count). The molecule has 0 spiro atoms. The average Bonchev–Trinajstić information content (AvgIpc) is 2.05. The summed E-state index contributed by atoms with van der Waals surface area (Å²) in [5, 5.41) is 0.169. The molecule has 0 aromatic heterocycles. The molecule has 0 amide bonds. The van der Waals surface area contributed by atoms with Crippen LogP contribution in [0.5, 0.6) is 0 Å². The van der Waals surface area contributed by atoms with Crippen molar-refractivity contribution in [3.05, 3.63) is 33.4 Å². The summed E-state index contributed by atoms with van der Waals surface area (Å²) < 4.78 is 1.03. The first-order valence-corrected chi connectivity index (χ1v) is 5.73. The van der Waals surface area contributed by atoms with Gasteiger partial charge in [0, 0.05) is 9.13 Å². The highest BCUT2D eigenvalue weighted by atomic mass is 127. The first kappa shape index (κ1) is 10.1. The predicted molar refractivity (Wildman–Crippen MR) is 61.6 cm³/mol. The molecule has 0 N–H and O–H groups in total. The van der Waals surface area contributed by atoms with E-state index in [1.807, 2.05) is 31.2 Å². The summed E-state index contributed by atoms with van der Waals surface area (Å²) in [6.07, 6.45) is 0. The average molecular weight is 292 g/mol. The van der Waals surface area contributed by atoms with Gasteiger partial charge in [-0.15, -0.1) is 0 Å². The Morgan fingerprint density at radius 1 is 1.50 bits per heavy atom. The number of rotatable bonds is 2. The van der Waals surface area contributed by atoms with E-state index in [-0.39, 0.29) is 5.12 Å². The molecule has 1 nitrogen and oxygen atoms in total. The van der Waals surface area contributed by atoms with Crippen molar-refractivity contribution in [3.63, 3.8) is 0 Å². The molecule has 1 aromatic rings. The SMILES string of the molecule is CCSC(=O)c1ccccc1I. The Labute approximate surface area is 90.1 Å². The van der Waals surface area contributed by atoms with Crippen molar-refractivity contribution >= 4 is 39.5 Å². The molecule has 0 fully saturated rings. The Kier molecular flexibility index (Phi) is 4.08. The number of hydrogen-bond acceptors (Lipinski definition) is 2. The number of thioether (sulfide) groups is 1. The third kappa shape index (κ3) is 2.48. The number of carbonyl (C=O) groups excluding carboxylic acids is 1. The maximum absolute atomic E-state index is 11.4. The third-order valence-electron chi connectivity index (χ3n) is 1.37. The summed E-state index contributed by atoms with van der Waals surface area (Å²) >= 11 is 3.54. The molecule has 64 valence electrons. The Morgan fingerprint density at radius 2 is 2.17 bits per heavy atom. The van der Waals surface area contributed by atoms with E-state index in [1.165, 1.54) is 11.8 Å². The lowest BCUT2D eigenvalue weighted by molar-refractivity contribution is 0.108. The largest absolute Gasteiger partial charge is 0.282 e. The summed E-state index contributed by atoms with van der Waals surface area (Å²) in [5.41, 5.74) is 0.824. The minimum absolute atomic E-state index is 0.169. The zero-order valence-electron chi connectivity index (χ0n) is 6.71. The van der Waals surface area contributed by atoms with Gasteiger partial charge in [-0.3, -0.25) is 4.79 Å². The van der Waals surface area contributed by atoms with E-state index in [4.69, 9.17) is 0 Å². The molecule has 0 unspecified atom stereocenters. The van der Waals surface area contributed by atoms with Gasteiger partial charge in [-0.1, -0.05) is 30.8 Å². The monoisotopic (exact) mass is 292 g/mol. The molecule has 3 heteroatoms. The van der Waals surface area contributed by atoms with Crippen LogP contribution in [0.1, 0.15) is 17.3 Å². The van der Waals surface area contributed by atoms with Gasteiger partial charge in [-0.05, 0) is 40.5 Å². The highest BCUT2D eigenvalue weighted by Gasteiger charge is 2.07. The van der Waals surface area contributed by atoms with Gasteiger partial charge in [0.2, 0.25) is 5.12 Å². The fraction of sp³-hybridized carbons (Fsp3) is 0.222. The normalized spacial score (nSPS) is 9.83. The lowest BCUT2D eigenvalue weighted by Crippen LogP contribution is -1.96. The van der Waals surface area contributed by atoms with Crippen molar-refractivity contribution in [1.82, 2.24) is 0 Å². The maximum atomic E-state index is 11.4. The summed E-state index contributed by atoms with van der Waals surface area (Å²) in [5.74, 6) is 0.837. The van der Waals surface area contributed by atoms with Crippen LogP contribution in [-0.2, 0) is 0 Å². The second kappa shape index (κ2) is 4.87. The van der Waals surface area contributed by atoms with Crippen LogP contribution in [0.2, 0.25) is 0 Å². The lowest BCUT2D eigenvalue weighted by atomic mass is 10.2. The number of carbonyl (C=O) groups is 1. The lowest BCUT2D eigenvalue weighted by Gasteiger charge is -2.00. The molecular formula is C9H9IOS. The fourth-order valence-corrected chi connectivity index (χ4v) is 2.25. The van der Waals surface area contributed by atoms with Crippen LogP contribution in [-0.4, -0.2) is 10.9 Å². The van der Waals surface area contributed by atoms with Crippen LogP contribution in [0.3, 0.4) is 0 Å². The molecule has 0 heterocycles. The van der Waals surface area contributed by atoms with Crippen molar-refractivity contribution in [3.8, 4) is 0 Å². The number of benzene rings is 1.